The summed E-state index contributed by atoms with van der Waals surface area (Å²) in [4.78, 5) is 0. The van der Waals surface area contributed by atoms with Crippen LogP contribution in [0.3, 0.4) is 0 Å². The van der Waals surface area contributed by atoms with E-state index in [2.05, 4.69) is 21.2 Å². The van der Waals surface area contributed by atoms with Crippen molar-refractivity contribution in [3.8, 4) is 0 Å². The summed E-state index contributed by atoms with van der Waals surface area (Å²) in [6, 6.07) is 2.50. The van der Waals surface area contributed by atoms with Crippen molar-refractivity contribution in [3.05, 3.63) is 33.8 Å². The highest BCUT2D eigenvalue weighted by molar-refractivity contribution is 9.10. The Bertz CT molecular complexity index is 396. The van der Waals surface area contributed by atoms with E-state index in [4.69, 9.17) is 0 Å². The second-order valence-electron chi connectivity index (χ2n) is 4.28. The number of aliphatic hydroxyl groups is 1. The lowest BCUT2D eigenvalue weighted by molar-refractivity contribution is 0.0588. The van der Waals surface area contributed by atoms with Crippen LogP contribution in [-0.2, 0) is 6.42 Å². The number of nitrogens with one attached hydrogen (secondary N) is 1. The SMILES string of the molecule is CCNCC(C)(O)Cc1c(F)ccc(Br)c1F. The van der Waals surface area contributed by atoms with Crippen molar-refractivity contribution in [3.63, 3.8) is 0 Å². The van der Waals surface area contributed by atoms with Crippen LogP contribution in [0.4, 0.5) is 8.78 Å². The molecule has 0 radical (unpaired) electrons. The maximum atomic E-state index is 13.7. The molecule has 1 unspecified atom stereocenters. The third-order valence-corrected chi connectivity index (χ3v) is 3.06. The van der Waals surface area contributed by atoms with Crippen molar-refractivity contribution in [1.82, 2.24) is 5.32 Å². The molecule has 1 rings (SSSR count). The summed E-state index contributed by atoms with van der Waals surface area (Å²) in [6.07, 6.45) is -0.0723. The Morgan fingerprint density at radius 2 is 2.06 bits per heavy atom. The Morgan fingerprint density at radius 3 is 2.65 bits per heavy atom. The normalized spacial score (nSPS) is 14.7. The Morgan fingerprint density at radius 1 is 1.41 bits per heavy atom. The fourth-order valence-electron chi connectivity index (χ4n) is 1.57. The topological polar surface area (TPSA) is 32.3 Å². The van der Waals surface area contributed by atoms with Gasteiger partial charge in [0.2, 0.25) is 0 Å². The molecule has 0 aromatic heterocycles. The van der Waals surface area contributed by atoms with E-state index in [0.717, 1.165) is 0 Å². The zero-order chi connectivity index (χ0) is 13.1. The summed E-state index contributed by atoms with van der Waals surface area (Å²) in [5, 5.41) is 13.0. The first-order valence-corrected chi connectivity index (χ1v) is 6.22. The molecule has 1 aromatic carbocycles. The lowest BCUT2D eigenvalue weighted by Crippen LogP contribution is -2.40. The third-order valence-electron chi connectivity index (χ3n) is 2.45. The largest absolute Gasteiger partial charge is 0.389 e. The number of benzene rings is 1. The smallest absolute Gasteiger partial charge is 0.143 e. The van der Waals surface area contributed by atoms with Crippen LogP contribution in [-0.4, -0.2) is 23.8 Å². The van der Waals surface area contributed by atoms with Crippen LogP contribution in [0.25, 0.3) is 0 Å². The average Bonchev–Trinajstić information content (AvgIpc) is 2.27. The van der Waals surface area contributed by atoms with E-state index in [1.165, 1.54) is 12.1 Å². The van der Waals surface area contributed by atoms with Crippen LogP contribution < -0.4 is 5.32 Å². The van der Waals surface area contributed by atoms with E-state index >= 15 is 0 Å². The monoisotopic (exact) mass is 307 g/mol. The van der Waals surface area contributed by atoms with Crippen LogP contribution in [0.1, 0.15) is 19.4 Å². The third kappa shape index (κ3) is 4.01. The molecular formula is C12H16BrF2NO. The van der Waals surface area contributed by atoms with Gasteiger partial charge >= 0.3 is 0 Å². The van der Waals surface area contributed by atoms with Crippen LogP contribution in [0.2, 0.25) is 0 Å². The highest BCUT2D eigenvalue weighted by Crippen LogP contribution is 2.25. The number of likely N-dealkylation sites (N-methyl/N-ethyl adjacent to an activating group) is 1. The number of halogens is 3. The minimum atomic E-state index is -1.18. The van der Waals surface area contributed by atoms with Gasteiger partial charge in [0, 0.05) is 18.5 Å². The number of rotatable bonds is 5. The van der Waals surface area contributed by atoms with Crippen LogP contribution in [0, 0.1) is 11.6 Å². The molecule has 0 bridgehead atoms. The molecule has 17 heavy (non-hydrogen) atoms. The molecule has 0 saturated heterocycles. The maximum absolute atomic E-state index is 13.7. The molecule has 96 valence electrons. The first-order valence-electron chi connectivity index (χ1n) is 5.43. The number of hydrogen-bond donors (Lipinski definition) is 2. The van der Waals surface area contributed by atoms with Crippen LogP contribution >= 0.6 is 15.9 Å². The molecule has 2 nitrogen and oxygen atoms in total. The second-order valence-corrected chi connectivity index (χ2v) is 5.13. The average molecular weight is 308 g/mol. The van der Waals surface area contributed by atoms with Gasteiger partial charge < -0.3 is 10.4 Å². The van der Waals surface area contributed by atoms with E-state index in [1.807, 2.05) is 6.92 Å². The molecule has 0 aliphatic carbocycles. The van der Waals surface area contributed by atoms with Crippen molar-refractivity contribution >= 4 is 15.9 Å². The molecule has 2 N–H and O–H groups in total. The minimum Gasteiger partial charge on any atom is -0.389 e. The minimum absolute atomic E-state index is 0.0723. The first-order chi connectivity index (χ1) is 7.87. The van der Waals surface area contributed by atoms with E-state index < -0.39 is 17.2 Å². The lowest BCUT2D eigenvalue weighted by atomic mass is 9.95. The van der Waals surface area contributed by atoms with E-state index in [-0.39, 0.29) is 23.0 Å². The van der Waals surface area contributed by atoms with Crippen molar-refractivity contribution < 1.29 is 13.9 Å². The molecule has 0 aliphatic heterocycles. The highest BCUT2D eigenvalue weighted by Gasteiger charge is 2.25. The van der Waals surface area contributed by atoms with Crippen LogP contribution in [0.5, 0.6) is 0 Å². The molecule has 0 heterocycles. The summed E-state index contributed by atoms with van der Waals surface area (Å²) in [6.45, 7) is 4.43. The molecule has 1 atom stereocenters. The molecule has 0 amide bonds. The van der Waals surface area contributed by atoms with E-state index in [9.17, 15) is 13.9 Å². The fourth-order valence-corrected chi connectivity index (χ4v) is 1.94. The second kappa shape index (κ2) is 5.89. The van der Waals surface area contributed by atoms with Gasteiger partial charge in [-0.05, 0) is 41.5 Å². The van der Waals surface area contributed by atoms with E-state index in [0.29, 0.717) is 6.54 Å². The predicted octanol–water partition coefficient (Wildman–Crippen LogP) is 2.63. The van der Waals surface area contributed by atoms with Gasteiger partial charge in [0.25, 0.3) is 0 Å². The van der Waals surface area contributed by atoms with E-state index in [1.54, 1.807) is 6.92 Å². The lowest BCUT2D eigenvalue weighted by Gasteiger charge is -2.24. The summed E-state index contributed by atoms with van der Waals surface area (Å²) in [5.74, 6) is -1.29. The maximum Gasteiger partial charge on any atom is 0.143 e. The Kier molecular flexibility index (Phi) is 5.04. The van der Waals surface area contributed by atoms with Gasteiger partial charge in [0.15, 0.2) is 0 Å². The van der Waals surface area contributed by atoms with Gasteiger partial charge in [-0.2, -0.15) is 0 Å². The molecule has 5 heteroatoms. The van der Waals surface area contributed by atoms with Crippen molar-refractivity contribution in [2.45, 2.75) is 25.9 Å². The molecule has 1 aromatic rings. The molecule has 0 fully saturated rings. The Balaban J connectivity index is 2.91. The van der Waals surface area contributed by atoms with Crippen molar-refractivity contribution in [2.24, 2.45) is 0 Å². The summed E-state index contributed by atoms with van der Waals surface area (Å²) in [5.41, 5.74) is -1.28. The van der Waals surface area contributed by atoms with Gasteiger partial charge in [-0.25, -0.2) is 8.78 Å². The summed E-state index contributed by atoms with van der Waals surface area (Å²) >= 11 is 3.00. The van der Waals surface area contributed by atoms with Gasteiger partial charge in [-0.3, -0.25) is 0 Å². The fraction of sp³-hybridized carbons (Fsp3) is 0.500. The molecule has 0 spiro atoms. The van der Waals surface area contributed by atoms with Gasteiger partial charge in [-0.15, -0.1) is 0 Å². The standard InChI is InChI=1S/C12H16BrF2NO/c1-3-16-7-12(2,17)6-8-10(14)5-4-9(13)11(8)15/h4-5,16-17H,3,6-7H2,1-2H3. The Labute approximate surface area is 108 Å². The van der Waals surface area contributed by atoms with Crippen LogP contribution in [0.15, 0.2) is 16.6 Å². The quantitative estimate of drug-likeness (QED) is 0.820. The molecule has 0 aliphatic rings. The van der Waals surface area contributed by atoms with Gasteiger partial charge in [0.05, 0.1) is 10.1 Å². The molecular weight excluding hydrogens is 292 g/mol. The number of hydrogen-bond acceptors (Lipinski definition) is 2. The zero-order valence-electron chi connectivity index (χ0n) is 9.86. The first kappa shape index (κ1) is 14.5. The summed E-state index contributed by atoms with van der Waals surface area (Å²) in [7, 11) is 0. The van der Waals surface area contributed by atoms with Crippen molar-refractivity contribution in [2.75, 3.05) is 13.1 Å². The molecule has 0 saturated carbocycles. The summed E-state index contributed by atoms with van der Waals surface area (Å²) < 4.78 is 27.4. The van der Waals surface area contributed by atoms with Gasteiger partial charge in [0.1, 0.15) is 11.6 Å². The van der Waals surface area contributed by atoms with Gasteiger partial charge in [-0.1, -0.05) is 6.92 Å². The predicted molar refractivity (Wildman–Crippen MR) is 66.9 cm³/mol. The highest BCUT2D eigenvalue weighted by atomic mass is 79.9. The van der Waals surface area contributed by atoms with Crippen molar-refractivity contribution in [1.29, 1.82) is 0 Å². The Hall–Kier alpha value is -0.520. The zero-order valence-corrected chi connectivity index (χ0v) is 11.4.